The SMILES string of the molecule is F[P+](F)(F)F.F[P+](F)(F)F.F[P+](F)(F)F.[O-]B([O-])[O-]. The maximum Gasteiger partial charge on any atom is 0.755 e. The molecule has 0 heterocycles. The highest BCUT2D eigenvalue weighted by Crippen LogP contribution is 2.66. The first-order valence-electron chi connectivity index (χ1n) is 2.74. The van der Waals surface area contributed by atoms with Crippen LogP contribution in [0.4, 0.5) is 50.4 Å². The molecule has 0 aliphatic rings. The Bertz CT molecular complexity index is 133. The molecule has 0 unspecified atom stereocenters. The van der Waals surface area contributed by atoms with Crippen LogP contribution in [0.15, 0.2) is 0 Å². The average Bonchev–Trinajstić information content (AvgIpc) is 1.66. The molecule has 0 aromatic heterocycles. The lowest BCUT2D eigenvalue weighted by Crippen LogP contribution is -2.56. The van der Waals surface area contributed by atoms with Gasteiger partial charge in [-0.15, -0.1) is 0 Å². The first kappa shape index (κ1) is 27.7. The molecule has 0 atom stereocenters. The summed E-state index contributed by atoms with van der Waals surface area (Å²) in [6, 6.07) is 0. The van der Waals surface area contributed by atoms with Crippen LogP contribution in [0.25, 0.3) is 0 Å². The Kier molecular flexibility index (Phi) is 17.7. The van der Waals surface area contributed by atoms with Gasteiger partial charge in [0.05, 0.1) is 50.4 Å². The summed E-state index contributed by atoms with van der Waals surface area (Å²) in [6.07, 6.45) is 0. The third kappa shape index (κ3) is 31700. The Labute approximate surface area is 99.4 Å². The van der Waals surface area contributed by atoms with Gasteiger partial charge in [0.1, 0.15) is 0 Å². The van der Waals surface area contributed by atoms with Crippen molar-refractivity contribution in [3.05, 3.63) is 0 Å². The minimum atomic E-state index is -6.39. The van der Waals surface area contributed by atoms with E-state index in [-0.39, 0.29) is 0 Å². The van der Waals surface area contributed by atoms with Crippen molar-refractivity contribution in [2.45, 2.75) is 0 Å². The van der Waals surface area contributed by atoms with E-state index in [1.54, 1.807) is 0 Å². The lowest BCUT2D eigenvalue weighted by Gasteiger charge is -2.35. The van der Waals surface area contributed by atoms with Gasteiger partial charge in [0, 0.05) is 0 Å². The Morgan fingerprint density at radius 2 is 0.421 bits per heavy atom. The lowest BCUT2D eigenvalue weighted by molar-refractivity contribution is -0.479. The van der Waals surface area contributed by atoms with Crippen molar-refractivity contribution in [2.75, 3.05) is 0 Å². The fraction of sp³-hybridized carbons (Fsp3) is 0. The van der Waals surface area contributed by atoms with Gasteiger partial charge in [-0.2, -0.15) is 0 Å². The molecule has 3 nitrogen and oxygen atoms in total. The van der Waals surface area contributed by atoms with Gasteiger partial charge in [-0.25, -0.2) is 0 Å². The van der Waals surface area contributed by atoms with E-state index in [0.29, 0.717) is 0 Å². The molecule has 19 heavy (non-hydrogen) atoms. The van der Waals surface area contributed by atoms with Gasteiger partial charge in [-0.3, -0.25) is 7.32 Å². The molecule has 0 saturated carbocycles. The molecule has 0 radical (unpaired) electrons. The molecule has 0 bridgehead atoms. The number of halogens is 12. The van der Waals surface area contributed by atoms with E-state index in [9.17, 15) is 50.4 Å². The first-order valence-corrected chi connectivity index (χ1v) is 6.79. The molecule has 0 N–H and O–H groups in total. The number of hydrogen-bond donors (Lipinski definition) is 0. The van der Waals surface area contributed by atoms with Crippen molar-refractivity contribution in [1.29, 1.82) is 0 Å². The van der Waals surface area contributed by atoms with Crippen molar-refractivity contribution in [3.8, 4) is 0 Å². The van der Waals surface area contributed by atoms with Crippen molar-refractivity contribution in [1.82, 2.24) is 0 Å². The summed E-state index contributed by atoms with van der Waals surface area (Å²) in [5.41, 5.74) is 0. The van der Waals surface area contributed by atoms with Crippen LogP contribution in [0, 0.1) is 0 Å². The zero-order valence-corrected chi connectivity index (χ0v) is 10.4. The van der Waals surface area contributed by atoms with E-state index >= 15 is 0 Å². The quantitative estimate of drug-likeness (QED) is 0.366. The molecule has 0 aliphatic heterocycles. The summed E-state index contributed by atoms with van der Waals surface area (Å²) in [5, 5.41) is 25.2. The van der Waals surface area contributed by atoms with Crippen molar-refractivity contribution < 1.29 is 65.4 Å². The van der Waals surface area contributed by atoms with Crippen LogP contribution in [0.1, 0.15) is 0 Å². The second-order valence-corrected chi connectivity index (χ2v) is 3.74. The third-order valence-electron chi connectivity index (χ3n) is 0. The molecule has 0 aromatic carbocycles. The van der Waals surface area contributed by atoms with Crippen molar-refractivity contribution >= 4 is 32.8 Å². The third-order valence-corrected chi connectivity index (χ3v) is 0. The van der Waals surface area contributed by atoms with Gasteiger partial charge < -0.3 is 15.1 Å². The van der Waals surface area contributed by atoms with Crippen LogP contribution >= 0.6 is 25.5 Å². The topological polar surface area (TPSA) is 69.2 Å². The fourth-order valence-electron chi connectivity index (χ4n) is 0. The summed E-state index contributed by atoms with van der Waals surface area (Å²) in [7, 11) is -22.1. The van der Waals surface area contributed by atoms with E-state index < -0.39 is 32.8 Å². The minimum Gasteiger partial charge on any atom is -0.907 e. The standard InChI is InChI=1S/BO3.3F4P/c2-1(3)4;3*1-5(2,3)4/q-3;3*+1. The molecule has 19 heteroatoms. The Balaban J connectivity index is -0.0000000793. The normalized spacial score (nSPS) is 10.9. The smallest absolute Gasteiger partial charge is 0.755 e. The van der Waals surface area contributed by atoms with Gasteiger partial charge in [-0.1, -0.05) is 0 Å². The van der Waals surface area contributed by atoms with Gasteiger partial charge >= 0.3 is 25.5 Å². The summed E-state index contributed by atoms with van der Waals surface area (Å²) in [5.74, 6) is 0. The molecule has 0 aliphatic carbocycles. The largest absolute Gasteiger partial charge is 0.907 e. The molecule has 0 saturated heterocycles. The summed E-state index contributed by atoms with van der Waals surface area (Å²) in [4.78, 5) is 0. The molecule has 0 rings (SSSR count). The molecule has 0 spiro atoms. The van der Waals surface area contributed by atoms with E-state index in [1.165, 1.54) is 0 Å². The molecule has 120 valence electrons. The summed E-state index contributed by atoms with van der Waals surface area (Å²) >= 11 is 0. The molecule has 0 aromatic rings. The Morgan fingerprint density at radius 1 is 0.421 bits per heavy atom. The van der Waals surface area contributed by atoms with Gasteiger partial charge in [0.2, 0.25) is 0 Å². The van der Waals surface area contributed by atoms with E-state index in [0.717, 1.165) is 0 Å². The van der Waals surface area contributed by atoms with Crippen LogP contribution in [-0.2, 0) is 0 Å². The van der Waals surface area contributed by atoms with Crippen molar-refractivity contribution in [2.24, 2.45) is 0 Å². The second-order valence-electron chi connectivity index (χ2n) is 1.44. The Morgan fingerprint density at radius 3 is 0.421 bits per heavy atom. The fourth-order valence-corrected chi connectivity index (χ4v) is 0. The Hall–Kier alpha value is 0.395. The zero-order chi connectivity index (χ0) is 17.1. The van der Waals surface area contributed by atoms with Crippen LogP contribution in [-0.4, -0.2) is 7.32 Å². The molecule has 0 amide bonds. The molecule has 0 fully saturated rings. The van der Waals surface area contributed by atoms with E-state index in [2.05, 4.69) is 0 Å². The maximum absolute atomic E-state index is 9.80. The number of hydrogen-bond acceptors (Lipinski definition) is 3. The highest BCUT2D eigenvalue weighted by molar-refractivity contribution is 7.55. The monoisotopic (exact) mass is 380 g/mol. The van der Waals surface area contributed by atoms with E-state index in [1.807, 2.05) is 0 Å². The van der Waals surface area contributed by atoms with Crippen LogP contribution in [0.5, 0.6) is 0 Å². The summed E-state index contributed by atoms with van der Waals surface area (Å²) < 4.78 is 118. The zero-order valence-electron chi connectivity index (χ0n) is 7.68. The number of rotatable bonds is 0. The average molecular weight is 380 g/mol. The lowest BCUT2D eigenvalue weighted by atomic mass is 10.3. The first-order chi connectivity index (χ1) is 7.73. The van der Waals surface area contributed by atoms with Crippen LogP contribution in [0.2, 0.25) is 0 Å². The predicted octanol–water partition coefficient (Wildman–Crippen LogP) is 3.68. The minimum absolute atomic E-state index is 2.92. The predicted molar refractivity (Wildman–Crippen MR) is 39.8 cm³/mol. The van der Waals surface area contributed by atoms with Crippen molar-refractivity contribution in [3.63, 3.8) is 0 Å². The van der Waals surface area contributed by atoms with Crippen LogP contribution < -0.4 is 15.1 Å². The highest BCUT2D eigenvalue weighted by atomic mass is 31.3. The maximum atomic E-state index is 9.80. The summed E-state index contributed by atoms with van der Waals surface area (Å²) in [6.45, 7) is 0. The highest BCUT2D eigenvalue weighted by Gasteiger charge is 2.45. The molecular weight excluding hydrogens is 380 g/mol. The van der Waals surface area contributed by atoms with Gasteiger partial charge in [-0.05, 0) is 0 Å². The van der Waals surface area contributed by atoms with Gasteiger partial charge in [0.25, 0.3) is 0 Å². The molecular formula is BF12O3P3. The second kappa shape index (κ2) is 12.2. The van der Waals surface area contributed by atoms with E-state index in [4.69, 9.17) is 15.1 Å². The van der Waals surface area contributed by atoms with Crippen LogP contribution in [0.3, 0.4) is 0 Å². The van der Waals surface area contributed by atoms with Gasteiger partial charge in [0.15, 0.2) is 0 Å².